The zero-order valence-corrected chi connectivity index (χ0v) is 11.4. The highest BCUT2D eigenvalue weighted by molar-refractivity contribution is 5.77. The van der Waals surface area contributed by atoms with E-state index in [0.29, 0.717) is 16.7 Å². The summed E-state index contributed by atoms with van der Waals surface area (Å²) in [7, 11) is 0. The molecule has 0 aliphatic carbocycles. The van der Waals surface area contributed by atoms with Crippen molar-refractivity contribution < 1.29 is 17.6 Å². The summed E-state index contributed by atoms with van der Waals surface area (Å²) in [5.74, 6) is -4.02. The number of H-pyrrole nitrogens is 1. The fourth-order valence-corrected chi connectivity index (χ4v) is 2.23. The van der Waals surface area contributed by atoms with Gasteiger partial charge in [-0.1, -0.05) is 0 Å². The van der Waals surface area contributed by atoms with Crippen LogP contribution in [0.25, 0.3) is 10.9 Å². The minimum atomic E-state index is -1.26. The maximum Gasteiger partial charge on any atom is 0.329 e. The van der Waals surface area contributed by atoms with Crippen molar-refractivity contribution in [1.82, 2.24) is 9.55 Å². The fraction of sp³-hybridized carbons (Fsp3) is 0.0667. The third-order valence-electron chi connectivity index (χ3n) is 3.36. The maximum absolute atomic E-state index is 13.6. The molecule has 0 fully saturated rings. The zero-order chi connectivity index (χ0) is 16.7. The van der Waals surface area contributed by atoms with Gasteiger partial charge in [0.15, 0.2) is 11.6 Å². The van der Waals surface area contributed by atoms with E-state index in [0.717, 1.165) is 18.2 Å². The van der Waals surface area contributed by atoms with Gasteiger partial charge in [-0.25, -0.2) is 22.4 Å². The van der Waals surface area contributed by atoms with Crippen LogP contribution in [0.4, 0.5) is 17.6 Å². The Morgan fingerprint density at radius 3 is 2.35 bits per heavy atom. The quantitative estimate of drug-likeness (QED) is 0.736. The Labute approximate surface area is 125 Å². The molecule has 0 bridgehead atoms. The lowest BCUT2D eigenvalue weighted by atomic mass is 10.2. The van der Waals surface area contributed by atoms with Gasteiger partial charge in [0.2, 0.25) is 0 Å². The van der Waals surface area contributed by atoms with Gasteiger partial charge >= 0.3 is 5.69 Å². The standard InChI is InChI=1S/C15H8F4N2O2/c16-8-1-2-10(17)7(3-8)6-21-14(22)9-4-11(18)12(19)5-13(9)20-15(21)23/h1-5H,6H2,(H,20,23). The number of nitrogens with zero attached hydrogens (tertiary/aromatic N) is 1. The molecule has 2 aromatic carbocycles. The van der Waals surface area contributed by atoms with Gasteiger partial charge in [-0.15, -0.1) is 0 Å². The van der Waals surface area contributed by atoms with E-state index in [9.17, 15) is 27.2 Å². The van der Waals surface area contributed by atoms with Gasteiger partial charge in [-0.05, 0) is 24.3 Å². The fourth-order valence-electron chi connectivity index (χ4n) is 2.23. The predicted molar refractivity (Wildman–Crippen MR) is 74.2 cm³/mol. The number of hydrogen-bond donors (Lipinski definition) is 1. The molecule has 1 heterocycles. The topological polar surface area (TPSA) is 54.9 Å². The Hall–Kier alpha value is -2.90. The molecule has 0 radical (unpaired) electrons. The molecule has 0 unspecified atom stereocenters. The van der Waals surface area contributed by atoms with Crippen molar-refractivity contribution in [3.63, 3.8) is 0 Å². The van der Waals surface area contributed by atoms with E-state index in [4.69, 9.17) is 0 Å². The average Bonchev–Trinajstić information content (AvgIpc) is 2.49. The summed E-state index contributed by atoms with van der Waals surface area (Å²) in [6, 6.07) is 3.92. The van der Waals surface area contributed by atoms with Gasteiger partial charge in [0.05, 0.1) is 17.4 Å². The van der Waals surface area contributed by atoms with Crippen LogP contribution in [0.3, 0.4) is 0 Å². The van der Waals surface area contributed by atoms with E-state index in [1.165, 1.54) is 0 Å². The van der Waals surface area contributed by atoms with Gasteiger partial charge in [0.1, 0.15) is 11.6 Å². The van der Waals surface area contributed by atoms with Gasteiger partial charge < -0.3 is 4.98 Å². The highest BCUT2D eigenvalue weighted by Gasteiger charge is 2.14. The van der Waals surface area contributed by atoms with Crippen molar-refractivity contribution in [2.24, 2.45) is 0 Å². The van der Waals surface area contributed by atoms with Crippen molar-refractivity contribution in [2.75, 3.05) is 0 Å². The Morgan fingerprint density at radius 1 is 0.913 bits per heavy atom. The third-order valence-corrected chi connectivity index (χ3v) is 3.36. The third kappa shape index (κ3) is 2.63. The largest absolute Gasteiger partial charge is 0.329 e. The monoisotopic (exact) mass is 324 g/mol. The molecule has 3 aromatic rings. The second-order valence-corrected chi connectivity index (χ2v) is 4.87. The molecule has 3 rings (SSSR count). The number of fused-ring (bicyclic) bond motifs is 1. The van der Waals surface area contributed by atoms with Crippen LogP contribution in [-0.2, 0) is 6.54 Å². The number of hydrogen-bond acceptors (Lipinski definition) is 2. The molecule has 0 amide bonds. The first-order chi connectivity index (χ1) is 10.9. The SMILES string of the molecule is O=c1[nH]c2cc(F)c(F)cc2c(=O)n1Cc1cc(F)ccc1F. The smallest absolute Gasteiger partial charge is 0.307 e. The summed E-state index contributed by atoms with van der Waals surface area (Å²) >= 11 is 0. The summed E-state index contributed by atoms with van der Waals surface area (Å²) in [6.07, 6.45) is 0. The first kappa shape index (κ1) is 15.0. The first-order valence-corrected chi connectivity index (χ1v) is 6.42. The summed E-state index contributed by atoms with van der Waals surface area (Å²) in [4.78, 5) is 26.4. The van der Waals surface area contributed by atoms with E-state index >= 15 is 0 Å². The number of halogens is 4. The van der Waals surface area contributed by atoms with Crippen LogP contribution in [0.1, 0.15) is 5.56 Å². The molecule has 0 saturated carbocycles. The van der Waals surface area contributed by atoms with Crippen LogP contribution in [0.5, 0.6) is 0 Å². The molecule has 0 aliphatic heterocycles. The van der Waals surface area contributed by atoms with E-state index in [-0.39, 0.29) is 16.5 Å². The average molecular weight is 324 g/mol. The van der Waals surface area contributed by atoms with E-state index < -0.39 is 41.1 Å². The number of rotatable bonds is 2. The predicted octanol–water partition coefficient (Wildman–Crippen LogP) is 2.29. The molecule has 8 heteroatoms. The normalized spacial score (nSPS) is 11.1. The summed E-state index contributed by atoms with van der Waals surface area (Å²) in [6.45, 7) is -0.549. The van der Waals surface area contributed by atoms with Gasteiger partial charge in [0.25, 0.3) is 5.56 Å². The van der Waals surface area contributed by atoms with E-state index in [2.05, 4.69) is 4.98 Å². The van der Waals surface area contributed by atoms with Crippen LogP contribution in [-0.4, -0.2) is 9.55 Å². The van der Waals surface area contributed by atoms with Crippen LogP contribution in [0.15, 0.2) is 39.9 Å². The lowest BCUT2D eigenvalue weighted by molar-refractivity contribution is 0.510. The van der Waals surface area contributed by atoms with Gasteiger partial charge in [-0.2, -0.15) is 0 Å². The Bertz CT molecular complexity index is 1040. The Kier molecular flexibility index (Phi) is 3.51. The van der Waals surface area contributed by atoms with Crippen LogP contribution in [0, 0.1) is 23.3 Å². The molecule has 0 aliphatic rings. The molecular formula is C15H8F4N2O2. The van der Waals surface area contributed by atoms with Crippen LogP contribution >= 0.6 is 0 Å². The number of aromatic nitrogens is 2. The minimum Gasteiger partial charge on any atom is -0.307 e. The van der Waals surface area contributed by atoms with Crippen LogP contribution in [0.2, 0.25) is 0 Å². The lowest BCUT2D eigenvalue weighted by Crippen LogP contribution is -2.35. The first-order valence-electron chi connectivity index (χ1n) is 6.42. The molecule has 23 heavy (non-hydrogen) atoms. The zero-order valence-electron chi connectivity index (χ0n) is 11.4. The second kappa shape index (κ2) is 5.38. The number of benzene rings is 2. The molecule has 1 N–H and O–H groups in total. The van der Waals surface area contributed by atoms with Crippen molar-refractivity contribution in [1.29, 1.82) is 0 Å². The van der Waals surface area contributed by atoms with Crippen molar-refractivity contribution in [2.45, 2.75) is 6.54 Å². The molecule has 0 atom stereocenters. The Balaban J connectivity index is 2.22. The van der Waals surface area contributed by atoms with Crippen molar-refractivity contribution in [3.8, 4) is 0 Å². The van der Waals surface area contributed by atoms with Crippen molar-refractivity contribution >= 4 is 10.9 Å². The second-order valence-electron chi connectivity index (χ2n) is 4.87. The summed E-state index contributed by atoms with van der Waals surface area (Å²) in [5.41, 5.74) is -2.29. The molecule has 0 spiro atoms. The summed E-state index contributed by atoms with van der Waals surface area (Å²) < 4.78 is 53.8. The Morgan fingerprint density at radius 2 is 1.61 bits per heavy atom. The molecule has 4 nitrogen and oxygen atoms in total. The van der Waals surface area contributed by atoms with E-state index in [1.54, 1.807) is 0 Å². The number of nitrogens with one attached hydrogen (secondary N) is 1. The maximum atomic E-state index is 13.6. The molecular weight excluding hydrogens is 316 g/mol. The lowest BCUT2D eigenvalue weighted by Gasteiger charge is -2.08. The number of aromatic amines is 1. The minimum absolute atomic E-state index is 0.185. The highest BCUT2D eigenvalue weighted by atomic mass is 19.2. The van der Waals surface area contributed by atoms with Gasteiger partial charge in [-0.3, -0.25) is 9.36 Å². The summed E-state index contributed by atoms with van der Waals surface area (Å²) in [5, 5.41) is -0.277. The van der Waals surface area contributed by atoms with E-state index in [1.807, 2.05) is 0 Å². The molecule has 118 valence electrons. The highest BCUT2D eigenvalue weighted by Crippen LogP contribution is 2.13. The van der Waals surface area contributed by atoms with Gasteiger partial charge in [0, 0.05) is 11.6 Å². The van der Waals surface area contributed by atoms with Crippen molar-refractivity contribution in [3.05, 3.63) is 80.0 Å². The molecule has 0 saturated heterocycles. The molecule has 1 aromatic heterocycles. The van der Waals surface area contributed by atoms with Crippen LogP contribution < -0.4 is 11.2 Å².